The van der Waals surface area contributed by atoms with E-state index in [1.807, 2.05) is 13.8 Å². The van der Waals surface area contributed by atoms with Crippen LogP contribution in [0.3, 0.4) is 0 Å². The molecule has 0 saturated carbocycles. The van der Waals surface area contributed by atoms with Gasteiger partial charge in [0.25, 0.3) is 0 Å². The van der Waals surface area contributed by atoms with Crippen LogP contribution >= 0.6 is 0 Å². The molecule has 1 amide bonds. The lowest BCUT2D eigenvalue weighted by Crippen LogP contribution is -2.10. The van der Waals surface area contributed by atoms with Gasteiger partial charge in [-0.3, -0.25) is 9.78 Å². The van der Waals surface area contributed by atoms with Gasteiger partial charge in [-0.2, -0.15) is 0 Å². The molecular weight excluding hydrogens is 204 g/mol. The molecule has 88 valence electrons. The second-order valence-electron chi connectivity index (χ2n) is 3.91. The Bertz CT molecular complexity index is 334. The zero-order valence-corrected chi connectivity index (χ0v) is 9.93. The van der Waals surface area contributed by atoms with E-state index in [1.165, 1.54) is 6.20 Å². The number of hydrogen-bond acceptors (Lipinski definition) is 3. The van der Waals surface area contributed by atoms with Crippen LogP contribution in [-0.4, -0.2) is 16.7 Å². The summed E-state index contributed by atoms with van der Waals surface area (Å²) in [6.45, 7) is 5.71. The number of carbonyl (C=O) groups excluding carboxylic acids is 2. The lowest BCUT2D eigenvalue weighted by Gasteiger charge is -1.95. The van der Waals surface area contributed by atoms with Crippen molar-refractivity contribution in [2.24, 2.45) is 11.7 Å². The fourth-order valence-electron chi connectivity index (χ4n) is 1.08. The van der Waals surface area contributed by atoms with Gasteiger partial charge in [0.1, 0.15) is 5.78 Å². The zero-order chi connectivity index (χ0) is 12.6. The first-order valence-corrected chi connectivity index (χ1v) is 5.12. The van der Waals surface area contributed by atoms with Gasteiger partial charge in [-0.1, -0.05) is 13.8 Å². The molecule has 0 spiro atoms. The Kier molecular flexibility index (Phi) is 6.76. The number of pyridine rings is 1. The largest absolute Gasteiger partial charge is 0.366 e. The minimum atomic E-state index is -0.442. The van der Waals surface area contributed by atoms with E-state index in [-0.39, 0.29) is 5.78 Å². The number of hydrogen-bond donors (Lipinski definition) is 1. The summed E-state index contributed by atoms with van der Waals surface area (Å²) in [5.41, 5.74) is 5.38. The molecule has 0 aliphatic heterocycles. The van der Waals surface area contributed by atoms with Crippen LogP contribution in [0.5, 0.6) is 0 Å². The van der Waals surface area contributed by atoms with Crippen LogP contribution < -0.4 is 5.73 Å². The summed E-state index contributed by atoms with van der Waals surface area (Å²) in [6, 6.07) is 3.29. The van der Waals surface area contributed by atoms with E-state index in [1.54, 1.807) is 25.3 Å². The number of Topliss-reactive ketones (excluding diaryl/α,β-unsaturated/α-hetero) is 1. The highest BCUT2D eigenvalue weighted by molar-refractivity contribution is 5.92. The molecule has 1 aromatic heterocycles. The predicted molar refractivity (Wildman–Crippen MR) is 62.9 cm³/mol. The number of amides is 1. The minimum absolute atomic E-state index is 0.287. The molecule has 0 aromatic carbocycles. The predicted octanol–water partition coefficient (Wildman–Crippen LogP) is 1.80. The SMILES string of the molecule is CC(=O)CC(C)C.NC(=O)c1cccnc1. The number of carbonyl (C=O) groups is 2. The highest BCUT2D eigenvalue weighted by Gasteiger charge is 1.95. The average molecular weight is 222 g/mol. The molecule has 0 fully saturated rings. The number of nitrogens with two attached hydrogens (primary N) is 1. The molecular formula is C12H18N2O2. The molecule has 16 heavy (non-hydrogen) atoms. The van der Waals surface area contributed by atoms with Crippen LogP contribution in [0.2, 0.25) is 0 Å². The van der Waals surface area contributed by atoms with Crippen molar-refractivity contribution in [3.8, 4) is 0 Å². The molecule has 4 nitrogen and oxygen atoms in total. The maximum atomic E-state index is 10.4. The fraction of sp³-hybridized carbons (Fsp3) is 0.417. The lowest BCUT2D eigenvalue weighted by molar-refractivity contribution is -0.117. The van der Waals surface area contributed by atoms with Crippen molar-refractivity contribution < 1.29 is 9.59 Å². The third-order valence-corrected chi connectivity index (χ3v) is 1.64. The molecule has 0 atom stereocenters. The van der Waals surface area contributed by atoms with E-state index in [9.17, 15) is 9.59 Å². The van der Waals surface area contributed by atoms with E-state index in [4.69, 9.17) is 5.73 Å². The molecule has 1 aromatic rings. The lowest BCUT2D eigenvalue weighted by atomic mass is 10.1. The van der Waals surface area contributed by atoms with Crippen LogP contribution in [0.4, 0.5) is 0 Å². The van der Waals surface area contributed by atoms with Crippen molar-refractivity contribution in [3.05, 3.63) is 30.1 Å². The summed E-state index contributed by atoms with van der Waals surface area (Å²) >= 11 is 0. The Morgan fingerprint density at radius 3 is 2.25 bits per heavy atom. The second kappa shape index (κ2) is 7.56. The molecule has 1 rings (SSSR count). The third kappa shape index (κ3) is 7.67. The van der Waals surface area contributed by atoms with Gasteiger partial charge >= 0.3 is 0 Å². The van der Waals surface area contributed by atoms with E-state index in [2.05, 4.69) is 4.98 Å². The number of aromatic nitrogens is 1. The minimum Gasteiger partial charge on any atom is -0.366 e. The Balaban J connectivity index is 0.000000293. The van der Waals surface area contributed by atoms with E-state index >= 15 is 0 Å². The molecule has 0 aliphatic carbocycles. The van der Waals surface area contributed by atoms with Gasteiger partial charge in [-0.25, -0.2) is 0 Å². The van der Waals surface area contributed by atoms with Crippen LogP contribution in [0, 0.1) is 5.92 Å². The Labute approximate surface area is 95.9 Å². The maximum Gasteiger partial charge on any atom is 0.250 e. The third-order valence-electron chi connectivity index (χ3n) is 1.64. The van der Waals surface area contributed by atoms with Crippen LogP contribution in [0.25, 0.3) is 0 Å². The van der Waals surface area contributed by atoms with E-state index < -0.39 is 5.91 Å². The summed E-state index contributed by atoms with van der Waals surface area (Å²) in [6.07, 6.45) is 3.74. The van der Waals surface area contributed by atoms with Gasteiger partial charge in [0.2, 0.25) is 5.91 Å². The summed E-state index contributed by atoms with van der Waals surface area (Å²) in [5.74, 6) is 0.371. The number of nitrogens with zero attached hydrogens (tertiary/aromatic N) is 1. The number of rotatable bonds is 3. The summed E-state index contributed by atoms with van der Waals surface area (Å²) in [7, 11) is 0. The van der Waals surface area contributed by atoms with Crippen molar-refractivity contribution in [2.75, 3.05) is 0 Å². The van der Waals surface area contributed by atoms with Gasteiger partial charge in [-0.05, 0) is 25.0 Å². The Hall–Kier alpha value is -1.71. The van der Waals surface area contributed by atoms with E-state index in [0.29, 0.717) is 11.5 Å². The molecule has 0 bridgehead atoms. The molecule has 0 aliphatic rings. The molecule has 2 N–H and O–H groups in total. The highest BCUT2D eigenvalue weighted by atomic mass is 16.1. The summed E-state index contributed by atoms with van der Waals surface area (Å²) < 4.78 is 0. The number of primary amides is 1. The van der Waals surface area contributed by atoms with Crippen molar-refractivity contribution in [1.82, 2.24) is 4.98 Å². The standard InChI is InChI=1S/C6H6N2O.C6H12O/c7-6(9)5-2-1-3-8-4-5;1-5(2)4-6(3)7/h1-4H,(H2,7,9);5H,4H2,1-3H3. The monoisotopic (exact) mass is 222 g/mol. The van der Waals surface area contributed by atoms with Gasteiger partial charge < -0.3 is 10.5 Å². The quantitative estimate of drug-likeness (QED) is 0.847. The van der Waals surface area contributed by atoms with Gasteiger partial charge in [-0.15, -0.1) is 0 Å². The van der Waals surface area contributed by atoms with Crippen molar-refractivity contribution >= 4 is 11.7 Å². The van der Waals surface area contributed by atoms with Gasteiger partial charge in [0.15, 0.2) is 0 Å². The fourth-order valence-corrected chi connectivity index (χ4v) is 1.08. The first-order valence-electron chi connectivity index (χ1n) is 5.12. The first kappa shape index (κ1) is 14.3. The highest BCUT2D eigenvalue weighted by Crippen LogP contribution is 1.97. The Morgan fingerprint density at radius 2 is 2.06 bits per heavy atom. The maximum absolute atomic E-state index is 10.4. The topological polar surface area (TPSA) is 73.1 Å². The Morgan fingerprint density at radius 1 is 1.44 bits per heavy atom. The number of ketones is 1. The molecule has 0 radical (unpaired) electrons. The van der Waals surface area contributed by atoms with Crippen LogP contribution in [0.1, 0.15) is 37.6 Å². The molecule has 1 heterocycles. The second-order valence-corrected chi connectivity index (χ2v) is 3.91. The molecule has 0 unspecified atom stereocenters. The smallest absolute Gasteiger partial charge is 0.250 e. The van der Waals surface area contributed by atoms with Crippen LogP contribution in [0.15, 0.2) is 24.5 Å². The molecule has 0 saturated heterocycles. The van der Waals surface area contributed by atoms with Gasteiger partial charge in [0.05, 0.1) is 5.56 Å². The van der Waals surface area contributed by atoms with Crippen molar-refractivity contribution in [1.29, 1.82) is 0 Å². The summed E-state index contributed by atoms with van der Waals surface area (Å²) in [5, 5.41) is 0. The zero-order valence-electron chi connectivity index (χ0n) is 9.93. The van der Waals surface area contributed by atoms with Gasteiger partial charge in [0, 0.05) is 18.8 Å². The normalized spacial score (nSPS) is 9.25. The van der Waals surface area contributed by atoms with Crippen LogP contribution in [-0.2, 0) is 4.79 Å². The summed E-state index contributed by atoms with van der Waals surface area (Å²) in [4.78, 5) is 24.3. The molecule has 4 heteroatoms. The van der Waals surface area contributed by atoms with Crippen molar-refractivity contribution in [3.63, 3.8) is 0 Å². The van der Waals surface area contributed by atoms with E-state index in [0.717, 1.165) is 6.42 Å². The average Bonchev–Trinajstić information content (AvgIpc) is 2.17. The van der Waals surface area contributed by atoms with Crippen molar-refractivity contribution in [2.45, 2.75) is 27.2 Å². The first-order chi connectivity index (χ1) is 7.43.